The molecule has 0 spiro atoms. The van der Waals surface area contributed by atoms with E-state index in [1.807, 2.05) is 24.8 Å². The van der Waals surface area contributed by atoms with Crippen LogP contribution < -0.4 is 15.0 Å². The molecular weight excluding hydrogens is 373 g/mol. The molecule has 1 aliphatic heterocycles. The fourth-order valence-corrected chi connectivity index (χ4v) is 3.33. The van der Waals surface area contributed by atoms with Crippen molar-refractivity contribution in [3.63, 3.8) is 0 Å². The average molecular weight is 397 g/mol. The first-order valence-corrected chi connectivity index (χ1v) is 9.53. The molecule has 2 aromatic rings. The van der Waals surface area contributed by atoms with E-state index >= 15 is 0 Å². The number of anilines is 2. The van der Waals surface area contributed by atoms with Crippen LogP contribution in [0.15, 0.2) is 42.5 Å². The predicted octanol–water partition coefficient (Wildman–Crippen LogP) is 3.72. The number of carbonyl (C=O) groups excluding carboxylic acids is 1. The normalized spacial score (nSPS) is 19.9. The number of hydrogen-bond acceptors (Lipinski definition) is 5. The van der Waals surface area contributed by atoms with Crippen LogP contribution in [0.5, 0.6) is 5.75 Å². The summed E-state index contributed by atoms with van der Waals surface area (Å²) in [7, 11) is 0. The largest absolute Gasteiger partial charge is 0.481 e. The molecule has 1 amide bonds. The van der Waals surface area contributed by atoms with Crippen LogP contribution in [0.1, 0.15) is 26.3 Å². The number of nitrogens with one attached hydrogen (secondary N) is 1. The molecule has 29 heavy (non-hydrogen) atoms. The first-order valence-electron chi connectivity index (χ1n) is 9.53. The predicted molar refractivity (Wildman–Crippen MR) is 108 cm³/mol. The van der Waals surface area contributed by atoms with Crippen molar-refractivity contribution in [3.8, 4) is 11.8 Å². The van der Waals surface area contributed by atoms with Crippen molar-refractivity contribution in [2.45, 2.75) is 39.1 Å². The van der Waals surface area contributed by atoms with Crippen molar-refractivity contribution >= 4 is 17.3 Å². The molecule has 3 atom stereocenters. The monoisotopic (exact) mass is 397 g/mol. The summed E-state index contributed by atoms with van der Waals surface area (Å²) >= 11 is 0. The Kier molecular flexibility index (Phi) is 6.35. The van der Waals surface area contributed by atoms with E-state index in [0.717, 1.165) is 0 Å². The fourth-order valence-electron chi connectivity index (χ4n) is 3.33. The van der Waals surface area contributed by atoms with Crippen molar-refractivity contribution in [2.24, 2.45) is 0 Å². The van der Waals surface area contributed by atoms with Gasteiger partial charge in [0.15, 0.2) is 6.10 Å². The van der Waals surface area contributed by atoms with Gasteiger partial charge in [0.2, 0.25) is 0 Å². The molecule has 1 N–H and O–H groups in total. The lowest BCUT2D eigenvalue weighted by atomic mass is 10.1. The summed E-state index contributed by atoms with van der Waals surface area (Å²) in [5, 5.41) is 11.5. The van der Waals surface area contributed by atoms with Crippen LogP contribution in [0.2, 0.25) is 0 Å². The first kappa shape index (κ1) is 20.6. The van der Waals surface area contributed by atoms with Crippen LogP contribution >= 0.6 is 0 Å². The van der Waals surface area contributed by atoms with Gasteiger partial charge in [0.1, 0.15) is 11.6 Å². The summed E-state index contributed by atoms with van der Waals surface area (Å²) in [5.74, 6) is -0.316. The Morgan fingerprint density at radius 1 is 1.24 bits per heavy atom. The molecule has 0 saturated carbocycles. The summed E-state index contributed by atoms with van der Waals surface area (Å²) in [6.45, 7) is 6.76. The molecule has 0 aliphatic carbocycles. The maximum absolute atomic E-state index is 14.7. The molecule has 3 unspecified atom stereocenters. The Morgan fingerprint density at radius 2 is 1.90 bits per heavy atom. The maximum Gasteiger partial charge on any atom is 0.265 e. The molecule has 152 valence electrons. The lowest BCUT2D eigenvalue weighted by Gasteiger charge is -2.37. The number of morpholine rings is 1. The number of hydrogen-bond donors (Lipinski definition) is 1. The Bertz CT molecular complexity index is 901. The van der Waals surface area contributed by atoms with Gasteiger partial charge in [0.05, 0.1) is 29.5 Å². The van der Waals surface area contributed by atoms with Gasteiger partial charge in [0, 0.05) is 18.8 Å². The van der Waals surface area contributed by atoms with Crippen LogP contribution in [-0.4, -0.2) is 37.3 Å². The Morgan fingerprint density at radius 3 is 2.48 bits per heavy atom. The fraction of sp³-hybridized carbons (Fsp3) is 0.364. The minimum Gasteiger partial charge on any atom is -0.481 e. The van der Waals surface area contributed by atoms with E-state index in [1.54, 1.807) is 43.3 Å². The van der Waals surface area contributed by atoms with Crippen molar-refractivity contribution in [3.05, 3.63) is 53.8 Å². The standard InChI is InChI=1S/C22H24FN3O3/c1-14-12-26(13-15(2)28-14)21-9-6-18(10-20(21)23)25-22(27)16(3)29-19-7-4-17(11-24)5-8-19/h4-10,14-16H,12-13H2,1-3H3,(H,25,27). The highest BCUT2D eigenvalue weighted by Crippen LogP contribution is 2.26. The smallest absolute Gasteiger partial charge is 0.265 e. The second-order valence-electron chi connectivity index (χ2n) is 7.21. The minimum atomic E-state index is -0.786. The summed E-state index contributed by atoms with van der Waals surface area (Å²) in [4.78, 5) is 14.3. The van der Waals surface area contributed by atoms with Gasteiger partial charge in [-0.05, 0) is 63.2 Å². The van der Waals surface area contributed by atoms with Gasteiger partial charge in [-0.1, -0.05) is 0 Å². The summed E-state index contributed by atoms with van der Waals surface area (Å²) < 4.78 is 25.9. The maximum atomic E-state index is 14.7. The molecule has 6 nitrogen and oxygen atoms in total. The first-order chi connectivity index (χ1) is 13.9. The highest BCUT2D eigenvalue weighted by molar-refractivity contribution is 5.94. The van der Waals surface area contributed by atoms with Crippen LogP contribution in [-0.2, 0) is 9.53 Å². The number of nitrogens with zero attached hydrogens (tertiary/aromatic N) is 2. The van der Waals surface area contributed by atoms with Crippen LogP contribution in [0.4, 0.5) is 15.8 Å². The van der Waals surface area contributed by atoms with Gasteiger partial charge in [0.25, 0.3) is 5.91 Å². The van der Waals surface area contributed by atoms with Crippen LogP contribution in [0, 0.1) is 17.1 Å². The van der Waals surface area contributed by atoms with E-state index in [2.05, 4.69) is 5.32 Å². The van der Waals surface area contributed by atoms with Crippen molar-refractivity contribution < 1.29 is 18.7 Å². The average Bonchev–Trinajstić information content (AvgIpc) is 2.67. The van der Waals surface area contributed by atoms with E-state index in [0.29, 0.717) is 35.8 Å². The van der Waals surface area contributed by atoms with E-state index in [1.165, 1.54) is 6.07 Å². The van der Waals surface area contributed by atoms with Crippen molar-refractivity contribution in [1.29, 1.82) is 5.26 Å². The number of carbonyl (C=O) groups is 1. The number of rotatable bonds is 5. The summed E-state index contributed by atoms with van der Waals surface area (Å²) in [6, 6.07) is 13.2. The van der Waals surface area contributed by atoms with E-state index < -0.39 is 17.8 Å². The molecule has 1 fully saturated rings. The van der Waals surface area contributed by atoms with Gasteiger partial charge >= 0.3 is 0 Å². The zero-order valence-electron chi connectivity index (χ0n) is 16.7. The van der Waals surface area contributed by atoms with Gasteiger partial charge in [-0.15, -0.1) is 0 Å². The summed E-state index contributed by atoms with van der Waals surface area (Å²) in [5.41, 5.74) is 1.36. The number of nitriles is 1. The molecule has 0 bridgehead atoms. The van der Waals surface area contributed by atoms with Crippen LogP contribution in [0.25, 0.3) is 0 Å². The van der Waals surface area contributed by atoms with E-state index in [9.17, 15) is 9.18 Å². The highest BCUT2D eigenvalue weighted by atomic mass is 19.1. The number of ether oxygens (including phenoxy) is 2. The van der Waals surface area contributed by atoms with Gasteiger partial charge in [-0.3, -0.25) is 4.79 Å². The number of amides is 1. The Labute approximate surface area is 169 Å². The van der Waals surface area contributed by atoms with Gasteiger partial charge in [-0.2, -0.15) is 5.26 Å². The molecule has 1 heterocycles. The van der Waals surface area contributed by atoms with Gasteiger partial charge in [-0.25, -0.2) is 4.39 Å². The van der Waals surface area contributed by atoms with Gasteiger partial charge < -0.3 is 19.7 Å². The third-order valence-electron chi connectivity index (χ3n) is 4.64. The van der Waals surface area contributed by atoms with E-state index in [4.69, 9.17) is 14.7 Å². The topological polar surface area (TPSA) is 74.6 Å². The third-order valence-corrected chi connectivity index (χ3v) is 4.64. The molecule has 1 saturated heterocycles. The third kappa shape index (κ3) is 5.24. The Balaban J connectivity index is 1.62. The summed E-state index contributed by atoms with van der Waals surface area (Å²) in [6.07, 6.45) is -0.734. The molecule has 0 aromatic heterocycles. The second kappa shape index (κ2) is 8.93. The molecular formula is C22H24FN3O3. The van der Waals surface area contributed by atoms with Crippen molar-refractivity contribution in [1.82, 2.24) is 0 Å². The highest BCUT2D eigenvalue weighted by Gasteiger charge is 2.24. The zero-order chi connectivity index (χ0) is 21.0. The minimum absolute atomic E-state index is 0.0257. The molecule has 2 aromatic carbocycles. The Hall–Kier alpha value is -3.11. The number of halogens is 1. The lowest BCUT2D eigenvalue weighted by molar-refractivity contribution is -0.122. The second-order valence-corrected chi connectivity index (χ2v) is 7.21. The van der Waals surface area contributed by atoms with Crippen molar-refractivity contribution in [2.75, 3.05) is 23.3 Å². The quantitative estimate of drug-likeness (QED) is 0.832. The zero-order valence-corrected chi connectivity index (χ0v) is 16.7. The molecule has 1 aliphatic rings. The molecule has 3 rings (SSSR count). The SMILES string of the molecule is CC1CN(c2ccc(NC(=O)C(C)Oc3ccc(C#N)cc3)cc2F)CC(C)O1. The van der Waals surface area contributed by atoms with E-state index in [-0.39, 0.29) is 12.2 Å². The molecule has 0 radical (unpaired) electrons. The van der Waals surface area contributed by atoms with Crippen LogP contribution in [0.3, 0.4) is 0 Å². The number of benzene rings is 2. The lowest BCUT2D eigenvalue weighted by Crippen LogP contribution is -2.45. The molecule has 7 heteroatoms.